The van der Waals surface area contributed by atoms with Crippen LogP contribution in [0.4, 0.5) is 0 Å². The van der Waals surface area contributed by atoms with Crippen LogP contribution in [0.2, 0.25) is 0 Å². The Morgan fingerprint density at radius 2 is 1.48 bits per heavy atom. The standard InChI is InChI=1S/C27H26NS/c1-20-8-14-23(15-9-20)27-25(24-6-2-3-7-26(24)29-27)18-21-10-12-22(13-11-21)19-28-16-4-5-17-28/h2-3,6-15H,1,4-5,16-19H2. The second kappa shape index (κ2) is 8.14. The summed E-state index contributed by atoms with van der Waals surface area (Å²) >= 11 is 1.90. The van der Waals surface area contributed by atoms with Crippen LogP contribution in [0.3, 0.4) is 0 Å². The van der Waals surface area contributed by atoms with Crippen molar-refractivity contribution in [3.8, 4) is 10.4 Å². The molecule has 2 heteroatoms. The third kappa shape index (κ3) is 4.01. The quantitative estimate of drug-likeness (QED) is 0.353. The predicted octanol–water partition coefficient (Wildman–Crippen LogP) is 6.94. The predicted molar refractivity (Wildman–Crippen MR) is 125 cm³/mol. The van der Waals surface area contributed by atoms with Crippen molar-refractivity contribution in [2.45, 2.75) is 25.8 Å². The molecule has 0 amide bonds. The van der Waals surface area contributed by atoms with Gasteiger partial charge < -0.3 is 0 Å². The Balaban J connectivity index is 1.46. The lowest BCUT2D eigenvalue weighted by molar-refractivity contribution is 0.331. The molecule has 1 aromatic heterocycles. The Kier molecular flexibility index (Phi) is 5.22. The Hall–Kier alpha value is -2.42. The van der Waals surface area contributed by atoms with Gasteiger partial charge >= 0.3 is 0 Å². The van der Waals surface area contributed by atoms with Gasteiger partial charge in [-0.1, -0.05) is 66.7 Å². The first-order valence-corrected chi connectivity index (χ1v) is 11.3. The second-order valence-corrected chi connectivity index (χ2v) is 9.13. The highest BCUT2D eigenvalue weighted by atomic mass is 32.1. The molecule has 4 aromatic rings. The van der Waals surface area contributed by atoms with Crippen LogP contribution in [0.15, 0.2) is 72.8 Å². The molecule has 0 saturated carbocycles. The van der Waals surface area contributed by atoms with E-state index in [1.54, 1.807) is 0 Å². The minimum Gasteiger partial charge on any atom is -0.299 e. The van der Waals surface area contributed by atoms with Crippen molar-refractivity contribution in [3.05, 3.63) is 102 Å². The summed E-state index contributed by atoms with van der Waals surface area (Å²) in [5.74, 6) is 0. The lowest BCUT2D eigenvalue weighted by Gasteiger charge is -2.14. The normalized spacial score (nSPS) is 14.7. The third-order valence-electron chi connectivity index (χ3n) is 5.92. The number of thiophene rings is 1. The number of hydrogen-bond donors (Lipinski definition) is 0. The Bertz CT molecular complexity index is 1100. The summed E-state index contributed by atoms with van der Waals surface area (Å²) in [6, 6.07) is 26.7. The lowest BCUT2D eigenvalue weighted by atomic mass is 9.98. The summed E-state index contributed by atoms with van der Waals surface area (Å²) in [5.41, 5.74) is 6.60. The van der Waals surface area contributed by atoms with Gasteiger partial charge in [0.15, 0.2) is 0 Å². The van der Waals surface area contributed by atoms with E-state index >= 15 is 0 Å². The van der Waals surface area contributed by atoms with Crippen LogP contribution in [-0.2, 0) is 13.0 Å². The maximum absolute atomic E-state index is 4.03. The van der Waals surface area contributed by atoms with Gasteiger partial charge in [0.2, 0.25) is 0 Å². The van der Waals surface area contributed by atoms with Gasteiger partial charge in [-0.15, -0.1) is 11.3 Å². The highest BCUT2D eigenvalue weighted by Gasteiger charge is 2.15. The molecule has 0 aliphatic carbocycles. The molecule has 0 bridgehead atoms. The van der Waals surface area contributed by atoms with Crippen LogP contribution in [0.1, 0.15) is 35.1 Å². The topological polar surface area (TPSA) is 3.24 Å². The van der Waals surface area contributed by atoms with E-state index in [2.05, 4.69) is 84.6 Å². The van der Waals surface area contributed by atoms with Gasteiger partial charge in [-0.3, -0.25) is 4.90 Å². The molecule has 0 N–H and O–H groups in total. The Morgan fingerprint density at radius 3 is 2.24 bits per heavy atom. The molecule has 5 rings (SSSR count). The molecule has 0 atom stereocenters. The van der Waals surface area contributed by atoms with Crippen LogP contribution >= 0.6 is 11.3 Å². The number of fused-ring (bicyclic) bond motifs is 1. The van der Waals surface area contributed by atoms with E-state index in [1.165, 1.54) is 63.1 Å². The van der Waals surface area contributed by atoms with E-state index < -0.39 is 0 Å². The molecular formula is C27H26NS. The molecule has 1 aliphatic heterocycles. The minimum absolute atomic E-state index is 0.968. The summed E-state index contributed by atoms with van der Waals surface area (Å²) in [6.45, 7) is 7.62. The molecule has 1 aliphatic rings. The fourth-order valence-corrected chi connectivity index (χ4v) is 5.56. The lowest BCUT2D eigenvalue weighted by Crippen LogP contribution is -2.18. The van der Waals surface area contributed by atoms with Gasteiger partial charge in [-0.2, -0.15) is 0 Å². The van der Waals surface area contributed by atoms with Crippen molar-refractivity contribution >= 4 is 21.4 Å². The van der Waals surface area contributed by atoms with Crippen LogP contribution in [0, 0.1) is 6.92 Å². The fourth-order valence-electron chi connectivity index (χ4n) is 4.33. The van der Waals surface area contributed by atoms with E-state index in [0.717, 1.165) is 18.5 Å². The first kappa shape index (κ1) is 18.6. The molecule has 1 fully saturated rings. The second-order valence-electron chi connectivity index (χ2n) is 8.08. The van der Waals surface area contributed by atoms with E-state index in [0.29, 0.717) is 0 Å². The number of nitrogens with zero attached hydrogens (tertiary/aromatic N) is 1. The monoisotopic (exact) mass is 396 g/mol. The average Bonchev–Trinajstić information content (AvgIpc) is 3.38. The van der Waals surface area contributed by atoms with Crippen molar-refractivity contribution in [3.63, 3.8) is 0 Å². The van der Waals surface area contributed by atoms with Gasteiger partial charge in [0.25, 0.3) is 0 Å². The number of hydrogen-bond acceptors (Lipinski definition) is 2. The maximum atomic E-state index is 4.03. The van der Waals surface area contributed by atoms with E-state index in [1.807, 2.05) is 11.3 Å². The molecule has 1 nitrogen and oxygen atoms in total. The van der Waals surface area contributed by atoms with E-state index in [9.17, 15) is 0 Å². The van der Waals surface area contributed by atoms with Gasteiger partial charge in [-0.25, -0.2) is 0 Å². The van der Waals surface area contributed by atoms with Crippen LogP contribution < -0.4 is 0 Å². The summed E-state index contributed by atoms with van der Waals surface area (Å²) in [6.07, 6.45) is 3.66. The van der Waals surface area contributed by atoms with Crippen molar-refractivity contribution in [1.29, 1.82) is 0 Å². The van der Waals surface area contributed by atoms with Gasteiger partial charge in [0.1, 0.15) is 0 Å². The molecule has 3 aromatic carbocycles. The van der Waals surface area contributed by atoms with Crippen molar-refractivity contribution in [2.24, 2.45) is 0 Å². The molecule has 1 radical (unpaired) electrons. The van der Waals surface area contributed by atoms with Gasteiger partial charge in [0.05, 0.1) is 0 Å². The zero-order chi connectivity index (χ0) is 19.6. The minimum atomic E-state index is 0.968. The molecule has 1 saturated heterocycles. The SMILES string of the molecule is [CH2]c1ccc(-c2sc3ccccc3c2Cc2ccc(CN3CCCC3)cc2)cc1. The Labute approximate surface area is 177 Å². The number of rotatable bonds is 5. The first-order valence-electron chi connectivity index (χ1n) is 10.5. The Morgan fingerprint density at radius 1 is 0.793 bits per heavy atom. The molecular weight excluding hydrogens is 370 g/mol. The fraction of sp³-hybridized carbons (Fsp3) is 0.222. The smallest absolute Gasteiger partial charge is 0.0390 e. The molecule has 0 unspecified atom stereocenters. The van der Waals surface area contributed by atoms with Crippen molar-refractivity contribution < 1.29 is 0 Å². The summed E-state index contributed by atoms with van der Waals surface area (Å²) in [7, 11) is 0. The van der Waals surface area contributed by atoms with E-state index in [4.69, 9.17) is 0 Å². The zero-order valence-electron chi connectivity index (χ0n) is 16.7. The highest BCUT2D eigenvalue weighted by Crippen LogP contribution is 2.39. The van der Waals surface area contributed by atoms with Crippen LogP contribution in [-0.4, -0.2) is 18.0 Å². The third-order valence-corrected chi connectivity index (χ3v) is 7.19. The van der Waals surface area contributed by atoms with Crippen LogP contribution in [0.5, 0.6) is 0 Å². The number of benzene rings is 3. The molecule has 29 heavy (non-hydrogen) atoms. The van der Waals surface area contributed by atoms with Crippen molar-refractivity contribution in [1.82, 2.24) is 4.90 Å². The number of likely N-dealkylation sites (tertiary alicyclic amines) is 1. The molecule has 145 valence electrons. The van der Waals surface area contributed by atoms with Crippen LogP contribution in [0.25, 0.3) is 20.5 Å². The average molecular weight is 397 g/mol. The zero-order valence-corrected chi connectivity index (χ0v) is 17.5. The summed E-state index contributed by atoms with van der Waals surface area (Å²) in [5, 5.41) is 1.38. The summed E-state index contributed by atoms with van der Waals surface area (Å²) in [4.78, 5) is 3.94. The largest absolute Gasteiger partial charge is 0.299 e. The summed E-state index contributed by atoms with van der Waals surface area (Å²) < 4.78 is 1.36. The molecule has 2 heterocycles. The first-order chi connectivity index (χ1) is 14.3. The van der Waals surface area contributed by atoms with Gasteiger partial charge in [0, 0.05) is 16.1 Å². The molecule has 0 spiro atoms. The van der Waals surface area contributed by atoms with Crippen molar-refractivity contribution in [2.75, 3.05) is 13.1 Å². The maximum Gasteiger partial charge on any atom is 0.0390 e. The highest BCUT2D eigenvalue weighted by molar-refractivity contribution is 7.22. The van der Waals surface area contributed by atoms with Gasteiger partial charge in [-0.05, 0) is 78.5 Å². The van der Waals surface area contributed by atoms with E-state index in [-0.39, 0.29) is 0 Å².